The molecule has 0 N–H and O–H groups in total. The van der Waals surface area contributed by atoms with Crippen LogP contribution in [0.4, 0.5) is 0 Å². The summed E-state index contributed by atoms with van der Waals surface area (Å²) in [5, 5.41) is 0. The first-order valence-electron chi connectivity index (χ1n) is 13.5. The molecule has 0 aliphatic heterocycles. The van der Waals surface area contributed by atoms with Crippen LogP contribution >= 0.6 is 0 Å². The quantitative estimate of drug-likeness (QED) is 0.365. The van der Waals surface area contributed by atoms with Gasteiger partial charge in [0.15, 0.2) is 0 Å². The second-order valence-electron chi connectivity index (χ2n) is 11.0. The van der Waals surface area contributed by atoms with Crippen molar-refractivity contribution in [1.82, 2.24) is 0 Å². The minimum Gasteiger partial charge on any atom is -0.0946 e. The van der Waals surface area contributed by atoms with E-state index in [1.807, 2.05) is 0 Å². The maximum atomic E-state index is 4.60. The van der Waals surface area contributed by atoms with Crippen molar-refractivity contribution in [2.24, 2.45) is 5.92 Å². The Morgan fingerprint density at radius 1 is 0.912 bits per heavy atom. The molecule has 34 heavy (non-hydrogen) atoms. The lowest BCUT2D eigenvalue weighted by Crippen LogP contribution is -2.14. The number of rotatable bonds is 5. The van der Waals surface area contributed by atoms with Gasteiger partial charge in [-0.25, -0.2) is 0 Å². The van der Waals surface area contributed by atoms with Gasteiger partial charge in [0, 0.05) is 5.92 Å². The van der Waals surface area contributed by atoms with E-state index in [2.05, 4.69) is 88.0 Å². The first kappa shape index (κ1) is 23.2. The summed E-state index contributed by atoms with van der Waals surface area (Å²) < 4.78 is 0. The Labute approximate surface area is 207 Å². The molecule has 0 radical (unpaired) electrons. The van der Waals surface area contributed by atoms with E-state index >= 15 is 0 Å². The number of hydrogen-bond acceptors (Lipinski definition) is 0. The van der Waals surface area contributed by atoms with Crippen molar-refractivity contribution in [2.45, 2.75) is 84.0 Å². The molecule has 0 spiro atoms. The van der Waals surface area contributed by atoms with Crippen molar-refractivity contribution in [3.8, 4) is 0 Å². The van der Waals surface area contributed by atoms with E-state index in [1.165, 1.54) is 76.6 Å². The fourth-order valence-corrected chi connectivity index (χ4v) is 6.69. The molecule has 3 aromatic carbocycles. The van der Waals surface area contributed by atoms with E-state index < -0.39 is 0 Å². The summed E-state index contributed by atoms with van der Waals surface area (Å²) in [7, 11) is 0. The number of allylic oxidation sites excluding steroid dienone is 1. The Morgan fingerprint density at radius 3 is 2.47 bits per heavy atom. The highest BCUT2D eigenvalue weighted by atomic mass is 14.3. The molecule has 1 fully saturated rings. The van der Waals surface area contributed by atoms with Gasteiger partial charge < -0.3 is 0 Å². The van der Waals surface area contributed by atoms with Crippen LogP contribution in [0.15, 0.2) is 67.2 Å². The van der Waals surface area contributed by atoms with Crippen molar-refractivity contribution in [3.63, 3.8) is 0 Å². The van der Waals surface area contributed by atoms with Gasteiger partial charge in [-0.15, -0.1) is 0 Å². The molecule has 3 aromatic rings. The van der Waals surface area contributed by atoms with E-state index in [0.717, 1.165) is 31.1 Å². The van der Waals surface area contributed by atoms with Gasteiger partial charge in [-0.2, -0.15) is 0 Å². The molecule has 3 atom stereocenters. The highest BCUT2D eigenvalue weighted by molar-refractivity contribution is 5.75. The average Bonchev–Trinajstić information content (AvgIpc) is 2.85. The van der Waals surface area contributed by atoms with Gasteiger partial charge in [0.25, 0.3) is 0 Å². The number of fused-ring (bicyclic) bond motifs is 1. The first-order valence-corrected chi connectivity index (χ1v) is 13.5. The lowest BCUT2D eigenvalue weighted by atomic mass is 9.74. The Hall–Kier alpha value is -2.60. The zero-order valence-corrected chi connectivity index (χ0v) is 21.4. The van der Waals surface area contributed by atoms with E-state index in [4.69, 9.17) is 0 Å². The number of aryl methyl sites for hydroxylation is 3. The largest absolute Gasteiger partial charge is 0.0946 e. The van der Waals surface area contributed by atoms with Crippen LogP contribution in [0.1, 0.15) is 102 Å². The molecule has 176 valence electrons. The van der Waals surface area contributed by atoms with Gasteiger partial charge in [-0.3, -0.25) is 0 Å². The minimum atomic E-state index is 0.449. The summed E-state index contributed by atoms with van der Waals surface area (Å²) >= 11 is 0. The highest BCUT2D eigenvalue weighted by Gasteiger charge is 2.26. The van der Waals surface area contributed by atoms with Crippen LogP contribution in [0.2, 0.25) is 0 Å². The molecule has 0 amide bonds. The third-order valence-electron chi connectivity index (χ3n) is 8.58. The van der Waals surface area contributed by atoms with Gasteiger partial charge in [-0.05, 0) is 107 Å². The molecule has 5 rings (SSSR count). The lowest BCUT2D eigenvalue weighted by molar-refractivity contribution is 0.344. The van der Waals surface area contributed by atoms with E-state index in [1.54, 1.807) is 5.56 Å². The van der Waals surface area contributed by atoms with Crippen LogP contribution < -0.4 is 0 Å². The summed E-state index contributed by atoms with van der Waals surface area (Å²) in [5.41, 5.74) is 13.0. The van der Waals surface area contributed by atoms with Crippen LogP contribution in [-0.4, -0.2) is 0 Å². The number of hydrogen-bond donors (Lipinski definition) is 0. The van der Waals surface area contributed by atoms with Gasteiger partial charge in [0.05, 0.1) is 0 Å². The van der Waals surface area contributed by atoms with Crippen molar-refractivity contribution < 1.29 is 0 Å². The third kappa shape index (κ3) is 4.65. The van der Waals surface area contributed by atoms with Gasteiger partial charge in [-0.1, -0.05) is 93.9 Å². The molecule has 1 saturated carbocycles. The molecule has 2 aliphatic rings. The van der Waals surface area contributed by atoms with Crippen LogP contribution in [-0.2, 0) is 19.3 Å². The van der Waals surface area contributed by atoms with Gasteiger partial charge >= 0.3 is 0 Å². The van der Waals surface area contributed by atoms with E-state index in [9.17, 15) is 0 Å². The third-order valence-corrected chi connectivity index (χ3v) is 8.58. The topological polar surface area (TPSA) is 0 Å². The SMILES string of the molecule is C=C1c2ccc(Cc3ccc(C4CCC[C@H](C)C4)cc3)cc2CCC1c1c(C)cccc1CC. The Balaban J connectivity index is 1.32. The molecular weight excluding hydrogens is 408 g/mol. The molecule has 0 saturated heterocycles. The lowest BCUT2D eigenvalue weighted by Gasteiger charge is -2.30. The summed E-state index contributed by atoms with van der Waals surface area (Å²) in [5.74, 6) is 2.09. The summed E-state index contributed by atoms with van der Waals surface area (Å²) in [6, 6.07) is 23.4. The molecule has 0 nitrogen and oxygen atoms in total. The zero-order chi connectivity index (χ0) is 23.7. The number of benzene rings is 3. The Morgan fingerprint density at radius 2 is 1.71 bits per heavy atom. The molecule has 0 bridgehead atoms. The zero-order valence-electron chi connectivity index (χ0n) is 21.4. The van der Waals surface area contributed by atoms with Crippen molar-refractivity contribution in [2.75, 3.05) is 0 Å². The van der Waals surface area contributed by atoms with Crippen molar-refractivity contribution in [3.05, 3.63) is 112 Å². The maximum absolute atomic E-state index is 4.60. The summed E-state index contributed by atoms with van der Waals surface area (Å²) in [6.45, 7) is 11.6. The monoisotopic (exact) mass is 448 g/mol. The Kier molecular flexibility index (Phi) is 6.77. The summed E-state index contributed by atoms with van der Waals surface area (Å²) in [6.07, 6.45) is 9.93. The molecule has 0 heterocycles. The average molecular weight is 449 g/mol. The smallest absolute Gasteiger partial charge is 0.00980 e. The van der Waals surface area contributed by atoms with Crippen LogP contribution in [0.5, 0.6) is 0 Å². The maximum Gasteiger partial charge on any atom is 0.00980 e. The van der Waals surface area contributed by atoms with E-state index in [-0.39, 0.29) is 0 Å². The normalized spacial score (nSPS) is 22.4. The van der Waals surface area contributed by atoms with Crippen molar-refractivity contribution >= 4 is 5.57 Å². The molecule has 2 unspecified atom stereocenters. The minimum absolute atomic E-state index is 0.449. The molecule has 0 aromatic heterocycles. The molecule has 2 aliphatic carbocycles. The van der Waals surface area contributed by atoms with Crippen LogP contribution in [0.25, 0.3) is 5.57 Å². The second kappa shape index (κ2) is 9.95. The van der Waals surface area contributed by atoms with E-state index in [0.29, 0.717) is 5.92 Å². The van der Waals surface area contributed by atoms with Gasteiger partial charge in [0.1, 0.15) is 0 Å². The van der Waals surface area contributed by atoms with Crippen molar-refractivity contribution in [1.29, 1.82) is 0 Å². The predicted octanol–water partition coefficient (Wildman–Crippen LogP) is 9.19. The van der Waals surface area contributed by atoms with Crippen LogP contribution in [0, 0.1) is 12.8 Å². The molecular formula is C34H40. The first-order chi connectivity index (χ1) is 16.5. The Bertz CT molecular complexity index is 1160. The highest BCUT2D eigenvalue weighted by Crippen LogP contribution is 2.43. The second-order valence-corrected chi connectivity index (χ2v) is 11.0. The fourth-order valence-electron chi connectivity index (χ4n) is 6.69. The standard InChI is InChI=1S/C34H40/c1-5-28-10-7-9-24(3)34(28)33-19-17-31-22-27(14-18-32(31)25(33)4)21-26-12-15-29(16-13-26)30-11-6-8-23(2)20-30/h7,9-10,12-16,18,22-23,30,33H,4-6,8,11,17,19-21H2,1-3H3/t23-,30?,33?/m0/s1. The van der Waals surface area contributed by atoms with Crippen LogP contribution in [0.3, 0.4) is 0 Å². The fraction of sp³-hybridized carbons (Fsp3) is 0.412. The predicted molar refractivity (Wildman–Crippen MR) is 147 cm³/mol. The summed E-state index contributed by atoms with van der Waals surface area (Å²) in [4.78, 5) is 0. The van der Waals surface area contributed by atoms with Gasteiger partial charge in [0.2, 0.25) is 0 Å². The molecule has 0 heteroatoms.